The first-order valence-electron chi connectivity index (χ1n) is 11.3. The Morgan fingerprint density at radius 3 is 1.69 bits per heavy atom. The highest BCUT2D eigenvalue weighted by molar-refractivity contribution is 7.86. The van der Waals surface area contributed by atoms with Crippen LogP contribution in [0.15, 0.2) is 0 Å². The molecule has 1 aliphatic rings. The van der Waals surface area contributed by atoms with Gasteiger partial charge in [0.2, 0.25) is 0 Å². The van der Waals surface area contributed by atoms with Crippen molar-refractivity contribution < 1.29 is 26.1 Å². The van der Waals surface area contributed by atoms with E-state index in [2.05, 4.69) is 18.7 Å². The maximum absolute atomic E-state index is 10.7. The van der Waals surface area contributed by atoms with Crippen LogP contribution < -0.4 is 0 Å². The van der Waals surface area contributed by atoms with Crippen LogP contribution in [0.3, 0.4) is 0 Å². The molecule has 1 heterocycles. The number of hydrogen-bond donors (Lipinski definition) is 1. The van der Waals surface area contributed by atoms with Gasteiger partial charge in [-0.1, -0.05) is 84.5 Å². The molecule has 1 saturated heterocycles. The first-order valence-corrected chi connectivity index (χ1v) is 12.8. The molecule has 29 heavy (non-hydrogen) atoms. The summed E-state index contributed by atoms with van der Waals surface area (Å²) in [5.41, 5.74) is -5.53. The predicted octanol–water partition coefficient (Wildman–Crippen LogP) is 6.81. The summed E-state index contributed by atoms with van der Waals surface area (Å²) < 4.78 is 57.5. The van der Waals surface area contributed by atoms with Crippen molar-refractivity contribution in [1.82, 2.24) is 4.90 Å². The highest BCUT2D eigenvalue weighted by atomic mass is 32.2. The summed E-state index contributed by atoms with van der Waals surface area (Å²) in [5, 5.41) is 0. The Labute approximate surface area is 176 Å². The van der Waals surface area contributed by atoms with Crippen LogP contribution in [0.4, 0.5) is 13.2 Å². The van der Waals surface area contributed by atoms with Gasteiger partial charge in [0.25, 0.3) is 0 Å². The van der Waals surface area contributed by atoms with Gasteiger partial charge in [0.1, 0.15) is 0 Å². The normalized spacial score (nSPS) is 18.3. The quantitative estimate of drug-likeness (QED) is 0.192. The van der Waals surface area contributed by atoms with Crippen LogP contribution in [0.2, 0.25) is 0 Å². The topological polar surface area (TPSA) is 57.6 Å². The van der Waals surface area contributed by atoms with Gasteiger partial charge >= 0.3 is 15.6 Å². The van der Waals surface area contributed by atoms with E-state index in [1.54, 1.807) is 0 Å². The molecule has 176 valence electrons. The molecule has 0 aromatic carbocycles. The second kappa shape index (κ2) is 16.4. The molecule has 0 aromatic heterocycles. The third-order valence-electron chi connectivity index (χ3n) is 5.36. The van der Waals surface area contributed by atoms with Crippen molar-refractivity contribution in [3.05, 3.63) is 0 Å². The van der Waals surface area contributed by atoms with Crippen molar-refractivity contribution in [3.8, 4) is 0 Å². The molecule has 0 spiro atoms. The lowest BCUT2D eigenvalue weighted by molar-refractivity contribution is -0.0510. The number of alkyl halides is 3. The van der Waals surface area contributed by atoms with Crippen LogP contribution in [-0.4, -0.2) is 43.0 Å². The monoisotopic (exact) mass is 445 g/mol. The largest absolute Gasteiger partial charge is 0.522 e. The van der Waals surface area contributed by atoms with Gasteiger partial charge < -0.3 is 4.90 Å². The van der Waals surface area contributed by atoms with E-state index in [0.29, 0.717) is 0 Å². The summed E-state index contributed by atoms with van der Waals surface area (Å²) in [6, 6.07) is 0. The van der Waals surface area contributed by atoms with Gasteiger partial charge in [-0.15, -0.1) is 0 Å². The van der Waals surface area contributed by atoms with Crippen LogP contribution >= 0.6 is 0 Å². The molecule has 1 unspecified atom stereocenters. The van der Waals surface area contributed by atoms with E-state index >= 15 is 0 Å². The lowest BCUT2D eigenvalue weighted by atomic mass is 10.00. The SMILES string of the molecule is CCCCCCCCCCCCCCN1CCCC(C)C1.O=S(=O)(O)C(F)(F)F. The lowest BCUT2D eigenvalue weighted by Crippen LogP contribution is -2.34. The summed E-state index contributed by atoms with van der Waals surface area (Å²) in [6.45, 7) is 8.79. The molecule has 0 radical (unpaired) electrons. The Balaban J connectivity index is 0.000000828. The zero-order valence-corrected chi connectivity index (χ0v) is 19.2. The number of likely N-dealkylation sites (tertiary alicyclic amines) is 1. The molecule has 0 aliphatic carbocycles. The zero-order chi connectivity index (χ0) is 22.2. The number of halogens is 3. The number of hydrogen-bond acceptors (Lipinski definition) is 3. The molecule has 1 N–H and O–H groups in total. The number of unbranched alkanes of at least 4 members (excludes halogenated alkanes) is 11. The smallest absolute Gasteiger partial charge is 0.303 e. The van der Waals surface area contributed by atoms with Crippen molar-refractivity contribution in [3.63, 3.8) is 0 Å². The van der Waals surface area contributed by atoms with Crippen LogP contribution in [-0.2, 0) is 10.1 Å². The van der Waals surface area contributed by atoms with E-state index in [0.717, 1.165) is 5.92 Å². The maximum atomic E-state index is 10.7. The Morgan fingerprint density at radius 2 is 1.31 bits per heavy atom. The average molecular weight is 446 g/mol. The molecule has 0 amide bonds. The van der Waals surface area contributed by atoms with Gasteiger partial charge in [0.15, 0.2) is 0 Å². The van der Waals surface area contributed by atoms with Crippen molar-refractivity contribution in [2.45, 2.75) is 109 Å². The molecule has 1 atom stereocenters. The number of nitrogens with zero attached hydrogens (tertiary/aromatic N) is 1. The fourth-order valence-corrected chi connectivity index (χ4v) is 3.67. The molecular weight excluding hydrogens is 403 g/mol. The van der Waals surface area contributed by atoms with E-state index in [4.69, 9.17) is 13.0 Å². The van der Waals surface area contributed by atoms with Crippen molar-refractivity contribution >= 4 is 10.1 Å². The first-order chi connectivity index (χ1) is 13.6. The zero-order valence-electron chi connectivity index (χ0n) is 18.4. The van der Waals surface area contributed by atoms with E-state index in [-0.39, 0.29) is 0 Å². The first kappa shape index (κ1) is 28.7. The van der Waals surface area contributed by atoms with Gasteiger partial charge in [-0.25, -0.2) is 0 Å². The molecule has 0 saturated carbocycles. The highest BCUT2D eigenvalue weighted by Gasteiger charge is 2.44. The number of rotatable bonds is 13. The van der Waals surface area contributed by atoms with Crippen LogP contribution in [0.1, 0.15) is 104 Å². The van der Waals surface area contributed by atoms with Crippen LogP contribution in [0, 0.1) is 5.92 Å². The Hall–Kier alpha value is -0.340. The third kappa shape index (κ3) is 17.1. The molecule has 8 heteroatoms. The minimum absolute atomic E-state index is 0.941. The van der Waals surface area contributed by atoms with Gasteiger partial charge in [0.05, 0.1) is 0 Å². The molecule has 4 nitrogen and oxygen atoms in total. The van der Waals surface area contributed by atoms with Gasteiger partial charge in [0, 0.05) is 6.54 Å². The molecule has 0 aromatic rings. The molecule has 1 fully saturated rings. The predicted molar refractivity (Wildman–Crippen MR) is 114 cm³/mol. The summed E-state index contributed by atoms with van der Waals surface area (Å²) >= 11 is 0. The fourth-order valence-electron chi connectivity index (χ4n) is 3.67. The number of piperidine rings is 1. The molecule has 1 rings (SSSR count). The van der Waals surface area contributed by atoms with Gasteiger partial charge in [-0.05, 0) is 38.3 Å². The molecular formula is C21H42F3NO3S. The van der Waals surface area contributed by atoms with E-state index in [1.807, 2.05) is 0 Å². The van der Waals surface area contributed by atoms with Gasteiger partial charge in [-0.2, -0.15) is 21.6 Å². The Kier molecular flexibility index (Phi) is 16.2. The van der Waals surface area contributed by atoms with Crippen molar-refractivity contribution in [1.29, 1.82) is 0 Å². The van der Waals surface area contributed by atoms with E-state index in [1.165, 1.54) is 110 Å². The molecule has 0 bridgehead atoms. The average Bonchev–Trinajstić information content (AvgIpc) is 2.61. The summed E-state index contributed by atoms with van der Waals surface area (Å²) in [5.74, 6) is 0.941. The summed E-state index contributed by atoms with van der Waals surface area (Å²) in [4.78, 5) is 2.70. The summed E-state index contributed by atoms with van der Waals surface area (Å²) in [7, 11) is -5.84. The second-order valence-electron chi connectivity index (χ2n) is 8.36. The summed E-state index contributed by atoms with van der Waals surface area (Å²) in [6.07, 6.45) is 20.4. The fraction of sp³-hybridized carbons (Fsp3) is 1.00. The van der Waals surface area contributed by atoms with E-state index < -0.39 is 15.6 Å². The minimum atomic E-state index is -5.84. The van der Waals surface area contributed by atoms with E-state index in [9.17, 15) is 13.2 Å². The second-order valence-corrected chi connectivity index (χ2v) is 9.77. The standard InChI is InChI=1S/C20H41N.CHF3O3S/c1-3-4-5-6-7-8-9-10-11-12-13-14-17-21-18-15-16-20(2)19-21;2-1(3,4)8(5,6)7/h20H,3-19H2,1-2H3;(H,5,6,7). The Bertz CT molecular complexity index is 484. The Morgan fingerprint density at radius 1 is 0.897 bits per heavy atom. The van der Waals surface area contributed by atoms with Crippen LogP contribution in [0.25, 0.3) is 0 Å². The lowest BCUT2D eigenvalue weighted by Gasteiger charge is -2.30. The van der Waals surface area contributed by atoms with Crippen molar-refractivity contribution in [2.75, 3.05) is 19.6 Å². The maximum Gasteiger partial charge on any atom is 0.522 e. The van der Waals surface area contributed by atoms with Crippen LogP contribution in [0.5, 0.6) is 0 Å². The third-order valence-corrected chi connectivity index (χ3v) is 5.95. The highest BCUT2D eigenvalue weighted by Crippen LogP contribution is 2.20. The minimum Gasteiger partial charge on any atom is -0.303 e. The van der Waals surface area contributed by atoms with Gasteiger partial charge in [-0.3, -0.25) is 4.55 Å². The molecule has 1 aliphatic heterocycles. The van der Waals surface area contributed by atoms with Crippen molar-refractivity contribution in [2.24, 2.45) is 5.92 Å².